The van der Waals surface area contributed by atoms with Crippen LogP contribution in [0.1, 0.15) is 42.5 Å². The van der Waals surface area contributed by atoms with Crippen LogP contribution in [0, 0.1) is 23.7 Å². The molecule has 5 heteroatoms. The largest absolute Gasteiger partial charge is 0.435 e. The van der Waals surface area contributed by atoms with E-state index in [-0.39, 0.29) is 17.7 Å². The molecule has 0 heterocycles. The van der Waals surface area contributed by atoms with Gasteiger partial charge in [0.25, 0.3) is 5.91 Å². The molecule has 0 unspecified atom stereocenters. The Kier molecular flexibility index (Phi) is 3.74. The normalized spacial score (nSPS) is 34.7. The fraction of sp³-hybridized carbons (Fsp3) is 0.611. The van der Waals surface area contributed by atoms with Gasteiger partial charge in [-0.1, -0.05) is 6.07 Å². The molecular formula is C18H21F2NO2. The summed E-state index contributed by atoms with van der Waals surface area (Å²) < 4.78 is 29.0. The lowest BCUT2D eigenvalue weighted by Crippen LogP contribution is -2.55. The van der Waals surface area contributed by atoms with Gasteiger partial charge in [0.15, 0.2) is 0 Å². The number of ether oxygens (including phenoxy) is 1. The van der Waals surface area contributed by atoms with E-state index >= 15 is 0 Å². The molecule has 3 nitrogen and oxygen atoms in total. The molecule has 4 fully saturated rings. The van der Waals surface area contributed by atoms with Crippen molar-refractivity contribution in [3.63, 3.8) is 0 Å². The maximum absolute atomic E-state index is 12.5. The third-order valence-electron chi connectivity index (χ3n) is 5.85. The summed E-state index contributed by atoms with van der Waals surface area (Å²) in [5.41, 5.74) is 0.386. The Morgan fingerprint density at radius 1 is 1.09 bits per heavy atom. The van der Waals surface area contributed by atoms with E-state index in [2.05, 4.69) is 10.1 Å². The van der Waals surface area contributed by atoms with E-state index in [1.54, 1.807) is 12.1 Å². The van der Waals surface area contributed by atoms with Gasteiger partial charge < -0.3 is 10.1 Å². The maximum atomic E-state index is 12.5. The summed E-state index contributed by atoms with van der Waals surface area (Å²) in [6.07, 6.45) is 6.29. The van der Waals surface area contributed by atoms with Gasteiger partial charge in [-0.2, -0.15) is 8.78 Å². The zero-order valence-electron chi connectivity index (χ0n) is 12.9. The Labute approximate surface area is 134 Å². The molecule has 1 aromatic rings. The van der Waals surface area contributed by atoms with E-state index in [9.17, 15) is 13.6 Å². The summed E-state index contributed by atoms with van der Waals surface area (Å²) >= 11 is 0. The fourth-order valence-corrected chi connectivity index (χ4v) is 5.21. The molecule has 4 saturated carbocycles. The van der Waals surface area contributed by atoms with Gasteiger partial charge >= 0.3 is 6.61 Å². The molecule has 1 amide bonds. The molecule has 0 aromatic heterocycles. The van der Waals surface area contributed by atoms with Gasteiger partial charge in [-0.15, -0.1) is 0 Å². The van der Waals surface area contributed by atoms with Crippen molar-refractivity contribution in [2.24, 2.45) is 23.7 Å². The van der Waals surface area contributed by atoms with Crippen LogP contribution < -0.4 is 10.1 Å². The topological polar surface area (TPSA) is 38.3 Å². The molecular weight excluding hydrogens is 300 g/mol. The molecule has 1 aromatic carbocycles. The Hall–Kier alpha value is -1.65. The number of carbonyl (C=O) groups is 1. The number of rotatable bonds is 4. The van der Waals surface area contributed by atoms with Crippen molar-refractivity contribution < 1.29 is 18.3 Å². The fourth-order valence-electron chi connectivity index (χ4n) is 5.21. The van der Waals surface area contributed by atoms with E-state index in [4.69, 9.17) is 0 Å². The van der Waals surface area contributed by atoms with E-state index in [0.29, 0.717) is 17.4 Å². The average Bonchev–Trinajstić information content (AvgIpc) is 2.49. The highest BCUT2D eigenvalue weighted by Crippen LogP contribution is 2.53. The molecule has 23 heavy (non-hydrogen) atoms. The van der Waals surface area contributed by atoms with Gasteiger partial charge in [0.2, 0.25) is 0 Å². The van der Waals surface area contributed by atoms with Gasteiger partial charge in [0.05, 0.1) is 0 Å². The third-order valence-corrected chi connectivity index (χ3v) is 5.85. The van der Waals surface area contributed by atoms with Crippen LogP contribution in [0.15, 0.2) is 24.3 Å². The number of carbonyl (C=O) groups excluding carboxylic acids is 1. The maximum Gasteiger partial charge on any atom is 0.387 e. The van der Waals surface area contributed by atoms with Crippen molar-refractivity contribution in [3.8, 4) is 5.75 Å². The molecule has 4 aliphatic carbocycles. The summed E-state index contributed by atoms with van der Waals surface area (Å²) in [7, 11) is 0. The second kappa shape index (κ2) is 5.77. The molecule has 5 rings (SSSR count). The summed E-state index contributed by atoms with van der Waals surface area (Å²) in [6, 6.07) is 6.28. The first-order chi connectivity index (χ1) is 11.1. The molecule has 4 aliphatic rings. The Balaban J connectivity index is 1.46. The summed E-state index contributed by atoms with van der Waals surface area (Å²) in [5, 5.41) is 3.18. The molecule has 0 radical (unpaired) electrons. The van der Waals surface area contributed by atoms with Crippen molar-refractivity contribution in [2.75, 3.05) is 0 Å². The lowest BCUT2D eigenvalue weighted by molar-refractivity contribution is -0.0499. The van der Waals surface area contributed by atoms with Gasteiger partial charge in [0.1, 0.15) is 5.75 Å². The molecule has 0 aliphatic heterocycles. The molecule has 1 N–H and O–H groups in total. The number of hydrogen-bond acceptors (Lipinski definition) is 2. The zero-order valence-corrected chi connectivity index (χ0v) is 12.9. The number of benzene rings is 1. The van der Waals surface area contributed by atoms with Crippen LogP contribution in [0.4, 0.5) is 8.78 Å². The Bertz CT molecular complexity index is 576. The van der Waals surface area contributed by atoms with Crippen molar-refractivity contribution in [2.45, 2.75) is 44.8 Å². The van der Waals surface area contributed by atoms with Crippen molar-refractivity contribution in [3.05, 3.63) is 29.8 Å². The van der Waals surface area contributed by atoms with Gasteiger partial charge in [-0.05, 0) is 74.0 Å². The van der Waals surface area contributed by atoms with Crippen LogP contribution in [-0.2, 0) is 0 Å². The number of amides is 1. The molecule has 0 saturated heterocycles. The van der Waals surface area contributed by atoms with Crippen LogP contribution in [-0.4, -0.2) is 18.6 Å². The quantitative estimate of drug-likeness (QED) is 0.915. The number of alkyl halides is 2. The Morgan fingerprint density at radius 2 is 1.74 bits per heavy atom. The van der Waals surface area contributed by atoms with Crippen LogP contribution in [0.2, 0.25) is 0 Å². The highest BCUT2D eigenvalue weighted by molar-refractivity contribution is 5.94. The van der Waals surface area contributed by atoms with E-state index < -0.39 is 6.61 Å². The molecule has 0 spiro atoms. The first kappa shape index (κ1) is 14.9. The van der Waals surface area contributed by atoms with Gasteiger partial charge in [-0.3, -0.25) is 4.79 Å². The smallest absolute Gasteiger partial charge is 0.387 e. The zero-order chi connectivity index (χ0) is 16.0. The molecule has 0 atom stereocenters. The first-order valence-electron chi connectivity index (χ1n) is 8.44. The van der Waals surface area contributed by atoms with Gasteiger partial charge in [0, 0.05) is 11.6 Å². The monoisotopic (exact) mass is 321 g/mol. The number of hydrogen-bond donors (Lipinski definition) is 1. The van der Waals surface area contributed by atoms with Crippen molar-refractivity contribution in [1.29, 1.82) is 0 Å². The summed E-state index contributed by atoms with van der Waals surface area (Å²) in [6.45, 7) is -2.88. The standard InChI is InChI=1S/C18H21F2NO2/c19-18(20)23-15-3-1-2-12(9-15)17(22)21-16-13-5-10-4-11(7-13)8-14(16)6-10/h1-3,9-11,13-14,16,18H,4-8H2,(H,21,22). The predicted octanol–water partition coefficient (Wildman–Crippen LogP) is 3.84. The lowest BCUT2D eigenvalue weighted by atomic mass is 9.54. The van der Waals surface area contributed by atoms with Gasteiger partial charge in [-0.25, -0.2) is 0 Å². The summed E-state index contributed by atoms with van der Waals surface area (Å²) in [5.74, 6) is 2.74. The highest BCUT2D eigenvalue weighted by atomic mass is 19.3. The highest BCUT2D eigenvalue weighted by Gasteiger charge is 2.48. The minimum atomic E-state index is -2.88. The van der Waals surface area contributed by atoms with Crippen LogP contribution in [0.5, 0.6) is 5.75 Å². The van der Waals surface area contributed by atoms with E-state index in [1.165, 1.54) is 44.2 Å². The summed E-state index contributed by atoms with van der Waals surface area (Å²) in [4.78, 5) is 12.5. The number of nitrogens with one attached hydrogen (secondary N) is 1. The second-order valence-electron chi connectivity index (χ2n) is 7.34. The van der Waals surface area contributed by atoms with Crippen LogP contribution in [0.25, 0.3) is 0 Å². The molecule has 124 valence electrons. The first-order valence-corrected chi connectivity index (χ1v) is 8.44. The van der Waals surface area contributed by atoms with Crippen molar-refractivity contribution >= 4 is 5.91 Å². The van der Waals surface area contributed by atoms with Crippen LogP contribution in [0.3, 0.4) is 0 Å². The third kappa shape index (κ3) is 2.93. The van der Waals surface area contributed by atoms with Crippen LogP contribution >= 0.6 is 0 Å². The second-order valence-corrected chi connectivity index (χ2v) is 7.34. The average molecular weight is 321 g/mol. The predicted molar refractivity (Wildman–Crippen MR) is 81.4 cm³/mol. The lowest BCUT2D eigenvalue weighted by Gasteiger charge is -2.54. The van der Waals surface area contributed by atoms with Crippen molar-refractivity contribution in [1.82, 2.24) is 5.32 Å². The minimum Gasteiger partial charge on any atom is -0.435 e. The van der Waals surface area contributed by atoms with E-state index in [1.807, 2.05) is 0 Å². The van der Waals surface area contributed by atoms with E-state index in [0.717, 1.165) is 11.8 Å². The minimum absolute atomic E-state index is 0.0257. The SMILES string of the molecule is O=C(NC1C2CC3CC(C2)CC1C3)c1cccc(OC(F)F)c1. The number of halogens is 2. The Morgan fingerprint density at radius 3 is 2.35 bits per heavy atom. The molecule has 4 bridgehead atoms.